The zero-order valence-electron chi connectivity index (χ0n) is 6.61. The van der Waals surface area contributed by atoms with Gasteiger partial charge in [-0.1, -0.05) is 0 Å². The molecular weight excluding hydrogens is 496 g/mol. The van der Waals surface area contributed by atoms with Gasteiger partial charge < -0.3 is 0 Å². The molecule has 0 radical (unpaired) electrons. The molecule has 0 amide bonds. The summed E-state index contributed by atoms with van der Waals surface area (Å²) in [5.41, 5.74) is 0. The third kappa shape index (κ3) is 4090. The summed E-state index contributed by atoms with van der Waals surface area (Å²) in [7, 11) is 0. The first-order chi connectivity index (χ1) is 6.00. The Bertz CT molecular complexity index is 480. The van der Waals surface area contributed by atoms with E-state index >= 15 is 0 Å². The quantitative estimate of drug-likeness (QED) is 0.289. The van der Waals surface area contributed by atoms with E-state index in [-0.39, 0.29) is 35.6 Å². The van der Waals surface area contributed by atoms with Gasteiger partial charge in [-0.25, -0.2) is 0 Å². The van der Waals surface area contributed by atoms with E-state index in [1.807, 2.05) is 0 Å². The van der Waals surface area contributed by atoms with Crippen molar-refractivity contribution in [3.05, 3.63) is 0 Å². The van der Waals surface area contributed by atoms with Crippen LogP contribution in [-0.4, -0.2) is 0 Å². The van der Waals surface area contributed by atoms with Crippen LogP contribution in [-0.2, 0) is 73.4 Å². The van der Waals surface area contributed by atoms with Crippen molar-refractivity contribution >= 4 is 0 Å². The molecule has 0 N–H and O–H groups in total. The van der Waals surface area contributed by atoms with Crippen molar-refractivity contribution in [1.29, 1.82) is 0 Å². The summed E-state index contributed by atoms with van der Waals surface area (Å²) in [5.74, 6) is 0. The van der Waals surface area contributed by atoms with E-state index in [9.17, 15) is 0 Å². The van der Waals surface area contributed by atoms with Crippen LogP contribution in [0.1, 0.15) is 0 Å². The molecule has 0 unspecified atom stereocenters. The van der Waals surface area contributed by atoms with E-state index in [1.165, 1.54) is 0 Å². The second kappa shape index (κ2) is 9.82. The first-order valence-electron chi connectivity index (χ1n) is 1.85. The number of rotatable bonds is 0. The van der Waals surface area contributed by atoms with Crippen molar-refractivity contribution < 1.29 is 122 Å². The third-order valence-corrected chi connectivity index (χ3v) is 0. The molecule has 0 fully saturated rings. The van der Waals surface area contributed by atoms with Crippen LogP contribution in [0.3, 0.4) is 0 Å². The second-order valence-corrected chi connectivity index (χ2v) is 4.68. The Morgan fingerprint density at radius 1 is 0.438 bits per heavy atom. The summed E-state index contributed by atoms with van der Waals surface area (Å²) in [6.45, 7) is 0. The summed E-state index contributed by atoms with van der Waals surface area (Å²) < 4.78 is 103. The van der Waals surface area contributed by atoms with Crippen molar-refractivity contribution in [2.24, 2.45) is 0 Å². The fraction of sp³-hybridized carbons (Fsp3) is 0. The molecule has 0 heterocycles. The molecular formula is LaMn3O12. The van der Waals surface area contributed by atoms with Gasteiger partial charge in [0.25, 0.3) is 0 Å². The Morgan fingerprint density at radius 2 is 0.438 bits per heavy atom. The molecule has 0 atom stereocenters. The summed E-state index contributed by atoms with van der Waals surface area (Å²) in [5, 5.41) is 0. The van der Waals surface area contributed by atoms with Crippen LogP contribution in [0.2, 0.25) is 0 Å². The van der Waals surface area contributed by atoms with Crippen LogP contribution in [0.5, 0.6) is 0 Å². The topological polar surface area (TPSA) is 223 Å². The normalized spacial score (nSPS) is 10.7. The van der Waals surface area contributed by atoms with E-state index in [0.29, 0.717) is 0 Å². The number of hydrogen-bond acceptors (Lipinski definition) is 12. The molecule has 0 aliphatic rings. The zero-order chi connectivity index (χ0) is 13.5. The van der Waals surface area contributed by atoms with Gasteiger partial charge in [-0.2, -0.15) is 0 Å². The van der Waals surface area contributed by atoms with Gasteiger partial charge in [0, 0.05) is 0 Å². The summed E-state index contributed by atoms with van der Waals surface area (Å²) >= 11 is -16.9. The van der Waals surface area contributed by atoms with Crippen LogP contribution < -0.4 is 12.6 Å². The van der Waals surface area contributed by atoms with E-state index in [2.05, 4.69) is 0 Å². The fourth-order valence-electron chi connectivity index (χ4n) is 0. The standard InChI is InChI=1S/La.3Mn.12O/q+3;;;;;;;;;;;;;3*-1. The number of hydrogen-bond donors (Lipinski definition) is 0. The third-order valence-electron chi connectivity index (χ3n) is 0. The van der Waals surface area contributed by atoms with Crippen LogP contribution in [0.15, 0.2) is 0 Å². The van der Waals surface area contributed by atoms with Gasteiger partial charge >= 0.3 is 122 Å². The van der Waals surface area contributed by atoms with E-state index in [1.54, 1.807) is 0 Å². The van der Waals surface area contributed by atoms with E-state index in [0.717, 1.165) is 0 Å². The van der Waals surface area contributed by atoms with Gasteiger partial charge in [-0.05, 0) is 0 Å². The van der Waals surface area contributed by atoms with Crippen molar-refractivity contribution in [3.8, 4) is 0 Å². The van der Waals surface area contributed by atoms with Gasteiger partial charge in [0.15, 0.2) is 0 Å². The van der Waals surface area contributed by atoms with Gasteiger partial charge in [0.05, 0.1) is 0 Å². The Kier molecular flexibility index (Phi) is 15.7. The van der Waals surface area contributed by atoms with Gasteiger partial charge in [-0.15, -0.1) is 0 Å². The van der Waals surface area contributed by atoms with Crippen molar-refractivity contribution in [3.63, 3.8) is 0 Å². The summed E-state index contributed by atoms with van der Waals surface area (Å²) in [4.78, 5) is 0. The van der Waals surface area contributed by atoms with Crippen LogP contribution in [0, 0.1) is 35.6 Å². The molecule has 0 saturated carbocycles. The van der Waals surface area contributed by atoms with Gasteiger partial charge in [-0.3, -0.25) is 0 Å². The predicted octanol–water partition coefficient (Wildman–Crippen LogP) is -4.64. The molecule has 0 aromatic heterocycles. The van der Waals surface area contributed by atoms with Gasteiger partial charge in [0.2, 0.25) is 0 Å². The first-order valence-corrected chi connectivity index (χ1v) is 7.63. The average Bonchev–Trinajstić information content (AvgIpc) is 1.41. The van der Waals surface area contributed by atoms with Crippen LogP contribution >= 0.6 is 0 Å². The molecule has 16 heavy (non-hydrogen) atoms. The van der Waals surface area contributed by atoms with Crippen molar-refractivity contribution in [1.82, 2.24) is 0 Å². The monoisotopic (exact) mass is 496 g/mol. The van der Waals surface area contributed by atoms with Crippen molar-refractivity contribution in [2.75, 3.05) is 0 Å². The molecule has 0 bridgehead atoms. The van der Waals surface area contributed by atoms with Crippen LogP contribution in [0.4, 0.5) is 0 Å². The molecule has 16 heteroatoms. The fourth-order valence-corrected chi connectivity index (χ4v) is 0. The molecule has 0 spiro atoms. The van der Waals surface area contributed by atoms with E-state index in [4.69, 9.17) is 47.1 Å². The molecule has 12 nitrogen and oxygen atoms in total. The molecule has 0 saturated heterocycles. The molecule has 0 aromatic rings. The zero-order valence-corrected chi connectivity index (χ0v) is 13.8. The Labute approximate surface area is 120 Å². The Hall–Kier alpha value is 0.833. The minimum absolute atomic E-state index is 0. The molecule has 0 rings (SSSR count). The maximum atomic E-state index is 8.58. The van der Waals surface area contributed by atoms with E-state index < -0.39 is 38.9 Å². The predicted molar refractivity (Wildman–Crippen MR) is 6.18 cm³/mol. The first kappa shape index (κ1) is 25.6. The molecule has 0 aliphatic heterocycles. The second-order valence-electron chi connectivity index (χ2n) is 1.13. The molecule has 0 aliphatic carbocycles. The molecule has 96 valence electrons. The van der Waals surface area contributed by atoms with Crippen molar-refractivity contribution in [2.45, 2.75) is 0 Å². The Morgan fingerprint density at radius 3 is 0.438 bits per heavy atom. The van der Waals surface area contributed by atoms with Crippen LogP contribution in [0.25, 0.3) is 0 Å². The summed E-state index contributed by atoms with van der Waals surface area (Å²) in [6.07, 6.45) is 0. The maximum absolute atomic E-state index is 8.58. The minimum atomic E-state index is -5.62. The summed E-state index contributed by atoms with van der Waals surface area (Å²) in [6, 6.07) is 0. The molecule has 0 aromatic carbocycles. The van der Waals surface area contributed by atoms with Gasteiger partial charge in [0.1, 0.15) is 0 Å². The Balaban J connectivity index is -0.0000000655. The average molecular weight is 496 g/mol. The SMILES string of the molecule is [La+3].[O]=[Mn](=[O])(=[O])[O-].[O]=[Mn](=[O])(=[O])[O-].[O]=[Mn](=[O])(=[O])[O-].